The van der Waals surface area contributed by atoms with Crippen LogP contribution in [0.15, 0.2) is 53.0 Å². The number of rotatable bonds is 6. The molecule has 4 heteroatoms. The summed E-state index contributed by atoms with van der Waals surface area (Å²) in [4.78, 5) is 5.14. The molecule has 2 aliphatic rings. The molecule has 1 aliphatic heterocycles. The van der Waals surface area contributed by atoms with Crippen LogP contribution >= 0.6 is 15.9 Å². The van der Waals surface area contributed by atoms with Crippen molar-refractivity contribution < 1.29 is 0 Å². The van der Waals surface area contributed by atoms with Crippen molar-refractivity contribution in [2.45, 2.75) is 37.8 Å². The van der Waals surface area contributed by atoms with Crippen LogP contribution in [0.25, 0.3) is 0 Å². The van der Waals surface area contributed by atoms with Crippen molar-refractivity contribution in [1.82, 2.24) is 15.1 Å². The molecule has 1 heterocycles. The Hall–Kier alpha value is -1.20. The van der Waals surface area contributed by atoms with E-state index >= 15 is 0 Å². The molecule has 4 rings (SSSR count). The second-order valence-electron chi connectivity index (χ2n) is 8.49. The summed E-state index contributed by atoms with van der Waals surface area (Å²) in [5.74, 6) is 0.653. The van der Waals surface area contributed by atoms with Crippen LogP contribution in [0.2, 0.25) is 0 Å². The summed E-state index contributed by atoms with van der Waals surface area (Å²) in [6, 6.07) is 18.8. The fourth-order valence-electron chi connectivity index (χ4n) is 4.87. The average molecular weight is 442 g/mol. The number of nitrogens with zero attached hydrogens (tertiary/aromatic N) is 2. The van der Waals surface area contributed by atoms with Gasteiger partial charge in [-0.25, -0.2) is 0 Å². The fraction of sp³-hybridized carbons (Fsp3) is 0.500. The highest BCUT2D eigenvalue weighted by Crippen LogP contribution is 2.41. The van der Waals surface area contributed by atoms with Crippen LogP contribution in [-0.2, 0) is 0 Å². The van der Waals surface area contributed by atoms with Gasteiger partial charge in [0.25, 0.3) is 0 Å². The minimum atomic E-state index is 0.500. The molecule has 3 unspecified atom stereocenters. The summed E-state index contributed by atoms with van der Waals surface area (Å²) in [6.45, 7) is 8.04. The van der Waals surface area contributed by atoms with E-state index in [0.29, 0.717) is 18.0 Å². The highest BCUT2D eigenvalue weighted by atomic mass is 79.9. The smallest absolute Gasteiger partial charge is 0.0475 e. The summed E-state index contributed by atoms with van der Waals surface area (Å²) in [5, 5.41) is 3.84. The standard InChI is InChI=1S/C24H32BrN3/c1-18-15-23(22-16-20(25)9-10-21(18)22)26-11-6-12-28-14-13-27(2)17-24(28)19-7-4-3-5-8-19/h3-5,7-10,16,18,23-24,26H,6,11-15,17H2,1-2H3. The molecule has 1 N–H and O–H groups in total. The molecule has 0 aromatic heterocycles. The molecule has 0 saturated carbocycles. The Bertz CT molecular complexity index is 779. The highest BCUT2D eigenvalue weighted by molar-refractivity contribution is 9.10. The van der Waals surface area contributed by atoms with Gasteiger partial charge in [0, 0.05) is 42.7 Å². The number of piperazine rings is 1. The van der Waals surface area contributed by atoms with Crippen LogP contribution in [0, 0.1) is 0 Å². The molecule has 2 aromatic rings. The third kappa shape index (κ3) is 4.51. The lowest BCUT2D eigenvalue weighted by atomic mass is 10.0. The van der Waals surface area contributed by atoms with E-state index in [1.165, 1.54) is 34.0 Å². The fourth-order valence-corrected chi connectivity index (χ4v) is 5.25. The predicted octanol–water partition coefficient (Wildman–Crippen LogP) is 4.97. The van der Waals surface area contributed by atoms with Crippen molar-refractivity contribution in [2.24, 2.45) is 0 Å². The van der Waals surface area contributed by atoms with Gasteiger partial charge in [0.15, 0.2) is 0 Å². The maximum atomic E-state index is 3.84. The van der Waals surface area contributed by atoms with Gasteiger partial charge in [-0.15, -0.1) is 0 Å². The van der Waals surface area contributed by atoms with E-state index in [9.17, 15) is 0 Å². The second-order valence-corrected chi connectivity index (χ2v) is 9.41. The summed E-state index contributed by atoms with van der Waals surface area (Å²) in [7, 11) is 2.24. The first-order chi connectivity index (χ1) is 13.6. The van der Waals surface area contributed by atoms with E-state index in [0.717, 1.165) is 32.7 Å². The molecule has 0 amide bonds. The zero-order valence-corrected chi connectivity index (χ0v) is 18.7. The number of hydrogen-bond donors (Lipinski definition) is 1. The summed E-state index contributed by atoms with van der Waals surface area (Å²) in [6.07, 6.45) is 2.41. The van der Waals surface area contributed by atoms with Crippen molar-refractivity contribution in [3.8, 4) is 0 Å². The van der Waals surface area contributed by atoms with Gasteiger partial charge in [-0.3, -0.25) is 4.90 Å². The monoisotopic (exact) mass is 441 g/mol. The molecule has 28 heavy (non-hydrogen) atoms. The molecule has 150 valence electrons. The van der Waals surface area contributed by atoms with Crippen LogP contribution in [0.5, 0.6) is 0 Å². The highest BCUT2D eigenvalue weighted by Gasteiger charge is 2.28. The lowest BCUT2D eigenvalue weighted by Gasteiger charge is -2.40. The van der Waals surface area contributed by atoms with Crippen LogP contribution in [0.1, 0.15) is 54.5 Å². The maximum absolute atomic E-state index is 3.84. The quantitative estimate of drug-likeness (QED) is 0.638. The zero-order valence-electron chi connectivity index (χ0n) is 17.1. The van der Waals surface area contributed by atoms with Gasteiger partial charge in [0.1, 0.15) is 0 Å². The first-order valence-electron chi connectivity index (χ1n) is 10.6. The topological polar surface area (TPSA) is 18.5 Å². The van der Waals surface area contributed by atoms with E-state index in [1.54, 1.807) is 0 Å². The van der Waals surface area contributed by atoms with Crippen molar-refractivity contribution in [3.05, 3.63) is 69.7 Å². The van der Waals surface area contributed by atoms with Crippen molar-refractivity contribution >= 4 is 15.9 Å². The minimum absolute atomic E-state index is 0.500. The molecule has 0 radical (unpaired) electrons. The lowest BCUT2D eigenvalue weighted by molar-refractivity contribution is 0.0886. The zero-order chi connectivity index (χ0) is 19.5. The Kier molecular flexibility index (Phi) is 6.52. The van der Waals surface area contributed by atoms with Gasteiger partial charge in [0.2, 0.25) is 0 Å². The Morgan fingerprint density at radius 1 is 1.07 bits per heavy atom. The largest absolute Gasteiger partial charge is 0.310 e. The SMILES string of the molecule is CC1CC(NCCCN2CCN(C)CC2c2ccccc2)c2cc(Br)ccc21. The molecular weight excluding hydrogens is 410 g/mol. The Labute approximate surface area is 178 Å². The van der Waals surface area contributed by atoms with E-state index < -0.39 is 0 Å². The molecule has 1 saturated heterocycles. The third-order valence-corrected chi connectivity index (χ3v) is 6.93. The molecule has 3 nitrogen and oxygen atoms in total. The number of likely N-dealkylation sites (N-methyl/N-ethyl adjacent to an activating group) is 1. The van der Waals surface area contributed by atoms with Crippen molar-refractivity contribution in [1.29, 1.82) is 0 Å². The van der Waals surface area contributed by atoms with Crippen LogP contribution < -0.4 is 5.32 Å². The molecular formula is C24H32BrN3. The number of nitrogens with one attached hydrogen (secondary N) is 1. The summed E-state index contributed by atoms with van der Waals surface area (Å²) in [5.41, 5.74) is 4.46. The Morgan fingerprint density at radius 2 is 1.89 bits per heavy atom. The van der Waals surface area contributed by atoms with Gasteiger partial charge >= 0.3 is 0 Å². The van der Waals surface area contributed by atoms with Crippen LogP contribution in [0.3, 0.4) is 0 Å². The summed E-state index contributed by atoms with van der Waals surface area (Å²) < 4.78 is 1.19. The molecule has 1 aliphatic carbocycles. The van der Waals surface area contributed by atoms with Gasteiger partial charge in [-0.2, -0.15) is 0 Å². The Balaban J connectivity index is 1.32. The normalized spacial score (nSPS) is 25.8. The minimum Gasteiger partial charge on any atom is -0.310 e. The maximum Gasteiger partial charge on any atom is 0.0475 e. The van der Waals surface area contributed by atoms with Gasteiger partial charge in [-0.05, 0) is 61.2 Å². The number of halogens is 1. The van der Waals surface area contributed by atoms with E-state index in [1.807, 2.05) is 0 Å². The molecule has 0 spiro atoms. The lowest BCUT2D eigenvalue weighted by Crippen LogP contribution is -2.47. The molecule has 1 fully saturated rings. The number of benzene rings is 2. The second kappa shape index (κ2) is 9.08. The van der Waals surface area contributed by atoms with Gasteiger partial charge < -0.3 is 10.2 Å². The predicted molar refractivity (Wildman–Crippen MR) is 121 cm³/mol. The molecule has 2 aromatic carbocycles. The van der Waals surface area contributed by atoms with Crippen LogP contribution in [-0.4, -0.2) is 49.6 Å². The third-order valence-electron chi connectivity index (χ3n) is 6.44. The van der Waals surface area contributed by atoms with Gasteiger partial charge in [0.05, 0.1) is 0 Å². The molecule has 0 bridgehead atoms. The van der Waals surface area contributed by atoms with E-state index in [4.69, 9.17) is 0 Å². The van der Waals surface area contributed by atoms with E-state index in [2.05, 4.69) is 93.5 Å². The first-order valence-corrected chi connectivity index (χ1v) is 11.4. The molecule has 3 atom stereocenters. The summed E-state index contributed by atoms with van der Waals surface area (Å²) >= 11 is 3.64. The van der Waals surface area contributed by atoms with E-state index in [-0.39, 0.29) is 0 Å². The van der Waals surface area contributed by atoms with Crippen molar-refractivity contribution in [3.63, 3.8) is 0 Å². The number of fused-ring (bicyclic) bond motifs is 1. The Morgan fingerprint density at radius 3 is 2.71 bits per heavy atom. The number of hydrogen-bond acceptors (Lipinski definition) is 3. The first kappa shape index (κ1) is 20.1. The van der Waals surface area contributed by atoms with Gasteiger partial charge in [-0.1, -0.05) is 59.3 Å². The average Bonchev–Trinajstić information content (AvgIpc) is 3.01. The van der Waals surface area contributed by atoms with Crippen LogP contribution in [0.4, 0.5) is 0 Å². The van der Waals surface area contributed by atoms with Crippen molar-refractivity contribution in [2.75, 3.05) is 39.8 Å².